The van der Waals surface area contributed by atoms with E-state index >= 15 is 0 Å². The van der Waals surface area contributed by atoms with E-state index in [0.29, 0.717) is 16.6 Å². The molecule has 19 heavy (non-hydrogen) atoms. The topological polar surface area (TPSA) is 64.5 Å². The van der Waals surface area contributed by atoms with Gasteiger partial charge in [-0.05, 0) is 17.7 Å². The summed E-state index contributed by atoms with van der Waals surface area (Å²) in [6.07, 6.45) is 1.35. The first-order valence-corrected chi connectivity index (χ1v) is 6.16. The van der Waals surface area contributed by atoms with Crippen LogP contribution in [0, 0.1) is 0 Å². The van der Waals surface area contributed by atoms with Crippen LogP contribution in [0.5, 0.6) is 5.75 Å². The van der Waals surface area contributed by atoms with Gasteiger partial charge in [-0.25, -0.2) is 5.43 Å². The number of nitrogens with one attached hydrogen (secondary N) is 1. The molecule has 5 nitrogen and oxygen atoms in total. The van der Waals surface area contributed by atoms with Crippen molar-refractivity contribution in [1.82, 2.24) is 5.43 Å². The van der Waals surface area contributed by atoms with E-state index in [1.54, 1.807) is 12.1 Å². The van der Waals surface area contributed by atoms with Crippen molar-refractivity contribution in [2.24, 2.45) is 5.10 Å². The number of halogens is 2. The Morgan fingerprint density at radius 2 is 2.11 bits per heavy atom. The zero-order valence-corrected chi connectivity index (χ0v) is 13.4. The van der Waals surface area contributed by atoms with Gasteiger partial charge in [0.25, 0.3) is 5.91 Å². The third-order valence-corrected chi connectivity index (χ3v) is 2.48. The number of carbonyl (C=O) groups is 1. The highest BCUT2D eigenvalue weighted by Gasteiger charge is 2.12. The van der Waals surface area contributed by atoms with Gasteiger partial charge in [-0.2, -0.15) is 5.10 Å². The molecule has 1 aromatic carbocycles. The summed E-state index contributed by atoms with van der Waals surface area (Å²) >= 11 is 3.27. The number of likely N-dealkylation sites (N-methyl/N-ethyl adjacent to an activating group) is 1. The van der Waals surface area contributed by atoms with Crippen LogP contribution in [0.25, 0.3) is 0 Å². The van der Waals surface area contributed by atoms with E-state index in [4.69, 9.17) is 0 Å². The summed E-state index contributed by atoms with van der Waals surface area (Å²) < 4.78 is 1.31. The fourth-order valence-electron chi connectivity index (χ4n) is 1.26. The Morgan fingerprint density at radius 1 is 1.47 bits per heavy atom. The van der Waals surface area contributed by atoms with Crippen molar-refractivity contribution in [2.45, 2.75) is 0 Å². The fourth-order valence-corrected chi connectivity index (χ4v) is 1.64. The molecule has 0 aliphatic rings. The van der Waals surface area contributed by atoms with Crippen molar-refractivity contribution >= 4 is 40.5 Å². The van der Waals surface area contributed by atoms with Gasteiger partial charge in [0.15, 0.2) is 6.54 Å². The Balaban J connectivity index is 0.00000324. The van der Waals surface area contributed by atoms with Crippen molar-refractivity contribution in [3.05, 3.63) is 28.2 Å². The lowest BCUT2D eigenvalue weighted by Gasteiger charge is -2.22. The number of amides is 1. The van der Waals surface area contributed by atoms with Crippen molar-refractivity contribution in [3.63, 3.8) is 0 Å². The van der Waals surface area contributed by atoms with Gasteiger partial charge >= 0.3 is 0 Å². The number of carbonyl (C=O) groups excluding carboxylic acids is 1. The van der Waals surface area contributed by atoms with Gasteiger partial charge in [0.2, 0.25) is 0 Å². The molecular formula is C12H17BrClN3O2. The lowest BCUT2D eigenvalue weighted by atomic mass is 10.2. The molecule has 0 aliphatic carbocycles. The van der Waals surface area contributed by atoms with E-state index in [1.165, 1.54) is 12.3 Å². The highest BCUT2D eigenvalue weighted by Crippen LogP contribution is 2.17. The summed E-state index contributed by atoms with van der Waals surface area (Å²) in [5, 5.41) is 15.2. The van der Waals surface area contributed by atoms with Gasteiger partial charge in [0.1, 0.15) is 0 Å². The summed E-state index contributed by atoms with van der Waals surface area (Å²) in [5.41, 5.74) is 2.82. The Hall–Kier alpha value is -1.11. The Kier molecular flexibility index (Phi) is 7.04. The minimum atomic E-state index is -0.193. The molecule has 0 unspecified atom stereocenters. The summed E-state index contributed by atoms with van der Waals surface area (Å²) in [7, 11) is 5.73. The number of rotatable bonds is 4. The Morgan fingerprint density at radius 3 is 2.68 bits per heavy atom. The minimum Gasteiger partial charge on any atom is -0.872 e. The molecule has 0 fully saturated rings. The fraction of sp³-hybridized carbons (Fsp3) is 0.333. The highest BCUT2D eigenvalue weighted by molar-refractivity contribution is 9.10. The van der Waals surface area contributed by atoms with Crippen LogP contribution in [0.3, 0.4) is 0 Å². The molecule has 1 aromatic rings. The van der Waals surface area contributed by atoms with Crippen LogP contribution in [-0.4, -0.2) is 44.3 Å². The number of quaternary nitrogens is 1. The molecule has 0 saturated carbocycles. The first-order valence-electron chi connectivity index (χ1n) is 5.37. The molecule has 0 heterocycles. The average molecular weight is 351 g/mol. The summed E-state index contributed by atoms with van der Waals surface area (Å²) in [5.74, 6) is -0.330. The van der Waals surface area contributed by atoms with Crippen LogP contribution in [0.1, 0.15) is 5.56 Å². The normalized spacial score (nSPS) is 11.2. The van der Waals surface area contributed by atoms with Crippen LogP contribution < -0.4 is 10.5 Å². The molecule has 0 spiro atoms. The van der Waals surface area contributed by atoms with E-state index in [2.05, 4.69) is 26.5 Å². The maximum absolute atomic E-state index is 11.5. The van der Waals surface area contributed by atoms with Crippen molar-refractivity contribution in [2.75, 3.05) is 27.7 Å². The second-order valence-electron chi connectivity index (χ2n) is 4.92. The molecule has 0 bridgehead atoms. The third kappa shape index (κ3) is 7.15. The molecule has 0 atom stereocenters. The predicted octanol–water partition coefficient (Wildman–Crippen LogP) is 1.10. The van der Waals surface area contributed by atoms with Crippen molar-refractivity contribution < 1.29 is 14.4 Å². The zero-order chi connectivity index (χ0) is 13.8. The van der Waals surface area contributed by atoms with E-state index in [-0.39, 0.29) is 24.1 Å². The van der Waals surface area contributed by atoms with Gasteiger partial charge in [-0.3, -0.25) is 4.79 Å². The average Bonchev–Trinajstić information content (AvgIpc) is 2.20. The van der Waals surface area contributed by atoms with E-state index in [0.717, 1.165) is 4.47 Å². The van der Waals surface area contributed by atoms with E-state index < -0.39 is 0 Å². The molecule has 1 rings (SSSR count). The van der Waals surface area contributed by atoms with Crippen LogP contribution in [0.2, 0.25) is 0 Å². The van der Waals surface area contributed by atoms with Gasteiger partial charge < -0.3 is 9.59 Å². The first kappa shape index (κ1) is 17.9. The van der Waals surface area contributed by atoms with E-state index in [9.17, 15) is 9.90 Å². The Bertz CT molecular complexity index is 473. The smallest absolute Gasteiger partial charge is 0.295 e. The molecule has 1 N–H and O–H groups in total. The first-order chi connectivity index (χ1) is 8.28. The number of nitrogens with zero attached hydrogens (tertiary/aromatic N) is 2. The zero-order valence-electron chi connectivity index (χ0n) is 11.0. The number of benzene rings is 1. The quantitative estimate of drug-likeness (QED) is 0.502. The molecule has 1 amide bonds. The summed E-state index contributed by atoms with van der Waals surface area (Å²) in [6, 6.07) is 4.76. The second kappa shape index (κ2) is 7.47. The van der Waals surface area contributed by atoms with Crippen LogP contribution in [0.4, 0.5) is 0 Å². The second-order valence-corrected chi connectivity index (χ2v) is 5.84. The standard InChI is InChI=1S/C12H16BrN3O2.ClH/c1-16(2,3)8-12(18)15-14-7-9-6-10(13)4-5-11(9)17;/h4-7H,8H2,1-3H3,(H-,14,15,17,18);1H. The predicted molar refractivity (Wildman–Crippen MR) is 79.5 cm³/mol. The summed E-state index contributed by atoms with van der Waals surface area (Å²) in [6.45, 7) is 0.320. The lowest BCUT2D eigenvalue weighted by Crippen LogP contribution is -2.43. The third-order valence-electron chi connectivity index (χ3n) is 1.98. The molecule has 0 radical (unpaired) electrons. The number of hydrazone groups is 1. The van der Waals surface area contributed by atoms with Gasteiger partial charge in [-0.15, -0.1) is 12.4 Å². The van der Waals surface area contributed by atoms with Crippen LogP contribution >= 0.6 is 28.3 Å². The molecule has 0 saturated heterocycles. The van der Waals surface area contributed by atoms with Crippen LogP contribution in [0.15, 0.2) is 27.8 Å². The summed E-state index contributed by atoms with van der Waals surface area (Å²) in [4.78, 5) is 11.5. The molecular weight excluding hydrogens is 334 g/mol. The monoisotopic (exact) mass is 349 g/mol. The van der Waals surface area contributed by atoms with Crippen molar-refractivity contribution in [3.8, 4) is 5.75 Å². The van der Waals surface area contributed by atoms with E-state index in [1.807, 2.05) is 21.1 Å². The van der Waals surface area contributed by atoms with Gasteiger partial charge in [-0.1, -0.05) is 27.7 Å². The van der Waals surface area contributed by atoms with Gasteiger partial charge in [0.05, 0.1) is 27.4 Å². The largest absolute Gasteiger partial charge is 0.872 e. The maximum Gasteiger partial charge on any atom is 0.295 e. The van der Waals surface area contributed by atoms with Gasteiger partial charge in [0, 0.05) is 4.47 Å². The molecule has 0 aromatic heterocycles. The molecule has 7 heteroatoms. The number of hydrogen-bond donors (Lipinski definition) is 1. The molecule has 106 valence electrons. The minimum absolute atomic E-state index is 0. The lowest BCUT2D eigenvalue weighted by molar-refractivity contribution is -0.862. The Labute approximate surface area is 127 Å². The number of hydrogen-bond acceptors (Lipinski definition) is 3. The highest BCUT2D eigenvalue weighted by atomic mass is 79.9. The molecule has 0 aliphatic heterocycles. The van der Waals surface area contributed by atoms with Crippen molar-refractivity contribution in [1.29, 1.82) is 0 Å². The maximum atomic E-state index is 11.5. The SMILES string of the molecule is C[N+](C)(C)CC(=O)N/N=C/c1cc(Br)ccc1[O-].Cl. The van der Waals surface area contributed by atoms with Crippen LogP contribution in [-0.2, 0) is 4.79 Å².